The smallest absolute Gasteiger partial charge is 0.200 e. The van der Waals surface area contributed by atoms with E-state index >= 15 is 4.39 Å². The van der Waals surface area contributed by atoms with Crippen LogP contribution in [-0.4, -0.2) is 36.7 Å². The highest BCUT2D eigenvalue weighted by atomic mass is 19.1. The number of quaternary nitrogens is 1. The minimum atomic E-state index is -1.72. The molecule has 0 atom stereocenters. The number of anilines is 2. The van der Waals surface area contributed by atoms with Crippen LogP contribution in [0.15, 0.2) is 11.0 Å². The van der Waals surface area contributed by atoms with Crippen molar-refractivity contribution in [2.75, 3.05) is 36.8 Å². The zero-order valence-corrected chi connectivity index (χ0v) is 13.6. The van der Waals surface area contributed by atoms with Gasteiger partial charge in [0.15, 0.2) is 11.6 Å². The standard InChI is InChI=1S/C16H18F2N4O3/c1-2-21-7-8(16(24)25)15(23)9-12(19)10(17)14(11(18)13(9)21)22-5-3-20-4-6-22/h7,20H,2-6,19H2,1H3,(H,24,25). The van der Waals surface area contributed by atoms with Crippen LogP contribution >= 0.6 is 0 Å². The molecule has 0 radical (unpaired) electrons. The Hall–Kier alpha value is -2.68. The van der Waals surface area contributed by atoms with Crippen molar-refractivity contribution in [2.45, 2.75) is 13.5 Å². The van der Waals surface area contributed by atoms with E-state index in [9.17, 15) is 19.1 Å². The zero-order chi connectivity index (χ0) is 18.3. The van der Waals surface area contributed by atoms with Crippen LogP contribution in [0.1, 0.15) is 17.3 Å². The molecule has 0 aliphatic carbocycles. The number of carboxylic acids is 1. The van der Waals surface area contributed by atoms with Gasteiger partial charge in [-0.05, 0) is 6.92 Å². The molecule has 0 amide bonds. The van der Waals surface area contributed by atoms with Crippen molar-refractivity contribution in [3.8, 4) is 0 Å². The number of fused-ring (bicyclic) bond motifs is 1. The van der Waals surface area contributed by atoms with E-state index in [0.717, 1.165) is 6.20 Å². The maximum Gasteiger partial charge on any atom is 0.200 e. The van der Waals surface area contributed by atoms with Gasteiger partial charge in [0.2, 0.25) is 5.43 Å². The fourth-order valence-electron chi connectivity index (χ4n) is 3.24. The lowest BCUT2D eigenvalue weighted by molar-refractivity contribution is -0.655. The lowest BCUT2D eigenvalue weighted by atomic mass is 10.1. The van der Waals surface area contributed by atoms with Crippen LogP contribution in [0.2, 0.25) is 0 Å². The van der Waals surface area contributed by atoms with Crippen molar-refractivity contribution in [3.05, 3.63) is 33.6 Å². The number of benzene rings is 1. The number of halogens is 2. The summed E-state index contributed by atoms with van der Waals surface area (Å²) >= 11 is 0. The normalized spacial score (nSPS) is 14.9. The number of hydrogen-bond donors (Lipinski definition) is 2. The number of aromatic nitrogens is 1. The van der Waals surface area contributed by atoms with Crippen LogP contribution in [0.4, 0.5) is 20.2 Å². The zero-order valence-electron chi connectivity index (χ0n) is 13.6. The van der Waals surface area contributed by atoms with Gasteiger partial charge in [-0.3, -0.25) is 4.79 Å². The molecule has 134 valence electrons. The summed E-state index contributed by atoms with van der Waals surface area (Å²) in [4.78, 5) is 25.1. The fraction of sp³-hybridized carbons (Fsp3) is 0.375. The monoisotopic (exact) mass is 352 g/mol. The van der Waals surface area contributed by atoms with E-state index in [1.165, 1.54) is 4.57 Å². The number of piperazine rings is 1. The Balaban J connectivity index is 2.42. The Bertz CT molecular complexity index is 920. The average Bonchev–Trinajstić information content (AvgIpc) is 2.60. The number of carboxylic acid groups (broad SMARTS) is 1. The summed E-state index contributed by atoms with van der Waals surface area (Å²) in [6.45, 7) is 4.06. The molecule has 0 spiro atoms. The van der Waals surface area contributed by atoms with Gasteiger partial charge < -0.3 is 30.4 Å². The first-order valence-corrected chi connectivity index (χ1v) is 8.00. The number of nitrogen functional groups attached to an aromatic ring is 1. The Morgan fingerprint density at radius 2 is 1.96 bits per heavy atom. The third-order valence-electron chi connectivity index (χ3n) is 4.49. The molecule has 2 aromatic rings. The van der Waals surface area contributed by atoms with Gasteiger partial charge in [-0.2, -0.15) is 0 Å². The van der Waals surface area contributed by atoms with E-state index in [-0.39, 0.29) is 17.7 Å². The number of hydrogen-bond acceptors (Lipinski definition) is 5. The van der Waals surface area contributed by atoms with Gasteiger partial charge in [0.1, 0.15) is 5.69 Å². The maximum absolute atomic E-state index is 15.2. The van der Waals surface area contributed by atoms with E-state index in [1.54, 1.807) is 11.8 Å². The van der Waals surface area contributed by atoms with E-state index in [1.807, 2.05) is 5.32 Å². The van der Waals surface area contributed by atoms with Gasteiger partial charge in [0.05, 0.1) is 54.3 Å². The third kappa shape index (κ3) is 2.60. The number of rotatable bonds is 3. The number of aromatic carboxylic acids is 1. The summed E-state index contributed by atoms with van der Waals surface area (Å²) in [5.74, 6) is -3.67. The average molecular weight is 352 g/mol. The molecule has 1 aliphatic rings. The molecular weight excluding hydrogens is 334 g/mol. The highest BCUT2D eigenvalue weighted by molar-refractivity contribution is 5.99. The second-order valence-electron chi connectivity index (χ2n) is 5.91. The van der Waals surface area contributed by atoms with Crippen molar-refractivity contribution in [1.82, 2.24) is 4.57 Å². The van der Waals surface area contributed by atoms with Gasteiger partial charge in [-0.1, -0.05) is 0 Å². The Morgan fingerprint density at radius 3 is 2.52 bits per heavy atom. The molecule has 1 aromatic heterocycles. The van der Waals surface area contributed by atoms with E-state index in [0.29, 0.717) is 26.2 Å². The first kappa shape index (κ1) is 17.2. The number of pyridine rings is 1. The van der Waals surface area contributed by atoms with Crippen LogP contribution in [0.3, 0.4) is 0 Å². The topological polar surface area (TPSA) is 108 Å². The molecule has 1 saturated heterocycles. The van der Waals surface area contributed by atoms with Gasteiger partial charge >= 0.3 is 0 Å². The van der Waals surface area contributed by atoms with Crippen molar-refractivity contribution in [2.24, 2.45) is 0 Å². The molecule has 9 heteroatoms. The van der Waals surface area contributed by atoms with Crippen molar-refractivity contribution in [3.63, 3.8) is 0 Å². The van der Waals surface area contributed by atoms with Crippen LogP contribution in [0.25, 0.3) is 10.9 Å². The quantitative estimate of drug-likeness (QED) is 0.663. The summed E-state index contributed by atoms with van der Waals surface area (Å²) in [6, 6.07) is 0. The van der Waals surface area contributed by atoms with Crippen LogP contribution in [0.5, 0.6) is 0 Å². The second-order valence-corrected chi connectivity index (χ2v) is 5.91. The Labute approximate surface area is 141 Å². The largest absolute Gasteiger partial charge is 0.545 e. The predicted molar refractivity (Wildman–Crippen MR) is 86.4 cm³/mol. The molecule has 1 aromatic carbocycles. The lowest BCUT2D eigenvalue weighted by Gasteiger charge is -2.29. The summed E-state index contributed by atoms with van der Waals surface area (Å²) < 4.78 is 31.2. The molecule has 1 aliphatic heterocycles. The molecule has 0 unspecified atom stereocenters. The second kappa shape index (κ2) is 6.32. The fourth-order valence-corrected chi connectivity index (χ4v) is 3.24. The minimum Gasteiger partial charge on any atom is -0.545 e. The lowest BCUT2D eigenvalue weighted by Crippen LogP contribution is -2.89. The third-order valence-corrected chi connectivity index (χ3v) is 4.49. The summed E-state index contributed by atoms with van der Waals surface area (Å²) in [5.41, 5.74) is 3.04. The van der Waals surface area contributed by atoms with Crippen LogP contribution in [0, 0.1) is 11.6 Å². The first-order chi connectivity index (χ1) is 11.9. The van der Waals surface area contributed by atoms with Gasteiger partial charge in [0, 0.05) is 12.7 Å². The molecule has 0 bridgehead atoms. The highest BCUT2D eigenvalue weighted by Crippen LogP contribution is 2.35. The van der Waals surface area contributed by atoms with Gasteiger partial charge in [0.25, 0.3) is 0 Å². The SMILES string of the molecule is CCn1cc(C(=O)[O-])c(=O)c2c(N)c(F)c(N3CC[NH2+]CC3)c(F)c21. The molecular formula is C16H18F2N4O3. The highest BCUT2D eigenvalue weighted by Gasteiger charge is 2.28. The summed E-state index contributed by atoms with van der Waals surface area (Å²) in [5, 5.41) is 12.7. The van der Waals surface area contributed by atoms with E-state index in [2.05, 4.69) is 0 Å². The Kier molecular flexibility index (Phi) is 4.34. The molecule has 0 saturated carbocycles. The molecule has 1 fully saturated rings. The molecule has 25 heavy (non-hydrogen) atoms. The summed E-state index contributed by atoms with van der Waals surface area (Å²) in [6.07, 6.45) is 1.01. The number of nitrogens with two attached hydrogens (primary N) is 2. The van der Waals surface area contributed by atoms with Gasteiger partial charge in [-0.15, -0.1) is 0 Å². The number of nitrogens with zero attached hydrogens (tertiary/aromatic N) is 2. The van der Waals surface area contributed by atoms with Gasteiger partial charge in [-0.25, -0.2) is 8.78 Å². The van der Waals surface area contributed by atoms with Crippen molar-refractivity contribution < 1.29 is 24.0 Å². The summed E-state index contributed by atoms with van der Waals surface area (Å²) in [7, 11) is 0. The maximum atomic E-state index is 15.2. The Morgan fingerprint density at radius 1 is 1.32 bits per heavy atom. The van der Waals surface area contributed by atoms with E-state index in [4.69, 9.17) is 5.73 Å². The van der Waals surface area contributed by atoms with Crippen LogP contribution in [-0.2, 0) is 6.54 Å². The molecule has 3 rings (SSSR count). The first-order valence-electron chi connectivity index (χ1n) is 8.00. The molecule has 2 heterocycles. The van der Waals surface area contributed by atoms with Crippen LogP contribution < -0.4 is 26.5 Å². The minimum absolute atomic E-state index is 0.173. The molecule has 7 nitrogen and oxygen atoms in total. The number of aryl methyl sites for hydroxylation is 1. The van der Waals surface area contributed by atoms with Crippen molar-refractivity contribution in [1.29, 1.82) is 0 Å². The molecule has 4 N–H and O–H groups in total. The predicted octanol–water partition coefficient (Wildman–Crippen LogP) is -1.37. The number of carbonyl (C=O) groups excluding carboxylic acids is 1. The van der Waals surface area contributed by atoms with Crippen molar-refractivity contribution >= 4 is 28.2 Å². The van der Waals surface area contributed by atoms with E-state index < -0.39 is 39.7 Å². The number of carbonyl (C=O) groups is 1.